The Balaban J connectivity index is 0.000000538. The Morgan fingerprint density at radius 3 is 2.47 bits per heavy atom. The summed E-state index contributed by atoms with van der Waals surface area (Å²) in [6.07, 6.45) is 5.18. The number of aryl methyl sites for hydroxylation is 1. The topological polar surface area (TPSA) is 91.9 Å². The largest absolute Gasteiger partial charge is 0.478 e. The van der Waals surface area contributed by atoms with Crippen molar-refractivity contribution in [2.24, 2.45) is 5.92 Å². The first-order chi connectivity index (χ1) is 17.2. The second kappa shape index (κ2) is 12.9. The number of benzene rings is 2. The normalized spacial score (nSPS) is 15.5. The Labute approximate surface area is 214 Å². The van der Waals surface area contributed by atoms with E-state index in [1.165, 1.54) is 22.4 Å². The molecule has 0 amide bonds. The van der Waals surface area contributed by atoms with Gasteiger partial charge in [0, 0.05) is 18.2 Å². The molecule has 0 bridgehead atoms. The lowest BCUT2D eigenvalue weighted by atomic mass is 9.93. The predicted molar refractivity (Wildman–Crippen MR) is 143 cm³/mol. The van der Waals surface area contributed by atoms with Crippen molar-refractivity contribution in [1.29, 1.82) is 0 Å². The molecule has 0 saturated heterocycles. The van der Waals surface area contributed by atoms with Crippen LogP contribution in [0.1, 0.15) is 56.8 Å². The lowest BCUT2D eigenvalue weighted by molar-refractivity contribution is -0.131. The number of carboxylic acids is 1. The minimum atomic E-state index is -0.891. The monoisotopic (exact) mass is 493 g/mol. The van der Waals surface area contributed by atoms with Crippen LogP contribution in [0.5, 0.6) is 0 Å². The van der Waals surface area contributed by atoms with Crippen LogP contribution in [0, 0.1) is 12.8 Å². The number of hydrogen-bond acceptors (Lipinski definition) is 5. The van der Waals surface area contributed by atoms with Crippen molar-refractivity contribution in [3.05, 3.63) is 83.8 Å². The number of carbonyl (C=O) groups is 1. The molecule has 1 unspecified atom stereocenters. The van der Waals surface area contributed by atoms with Gasteiger partial charge in [0.15, 0.2) is 0 Å². The van der Waals surface area contributed by atoms with Crippen LogP contribution < -0.4 is 5.32 Å². The number of hydrogen-bond donors (Lipinski definition) is 3. The van der Waals surface area contributed by atoms with E-state index in [0.717, 1.165) is 36.9 Å². The summed E-state index contributed by atoms with van der Waals surface area (Å²) < 4.78 is 11.8. The number of carboxylic acid groups (broad SMARTS) is 1. The number of aliphatic hydroxyl groups is 1. The third-order valence-electron chi connectivity index (χ3n) is 6.15. The molecule has 3 aromatic rings. The first kappa shape index (κ1) is 27.7. The zero-order valence-electron chi connectivity index (χ0n) is 21.7. The van der Waals surface area contributed by atoms with E-state index >= 15 is 0 Å². The zero-order chi connectivity index (χ0) is 26.1. The number of aliphatic carboxylic acids is 1. The van der Waals surface area contributed by atoms with Crippen molar-refractivity contribution in [3.63, 3.8) is 0 Å². The molecule has 194 valence electrons. The minimum Gasteiger partial charge on any atom is -0.478 e. The molecule has 2 aromatic carbocycles. The molecule has 1 heterocycles. The fourth-order valence-corrected chi connectivity index (χ4v) is 4.19. The summed E-state index contributed by atoms with van der Waals surface area (Å²) in [6, 6.07) is 19.0. The SMILES string of the molecule is C/C=C/C(=O)O.Cc1ccc(C(OC[C@H](O)CNC(C)(C)Cc2ccc3ccccc3c2)C2CC2)o1. The third kappa shape index (κ3) is 8.94. The smallest absolute Gasteiger partial charge is 0.327 e. The standard InChI is InChI=1S/C26H33NO3.C4H6O2/c1-18-8-13-24(30-18)25(21-11-12-21)29-17-23(28)16-27-26(2,3)15-19-9-10-20-6-4-5-7-22(20)14-19;1-2-3-4(5)6/h4-10,13-14,21,23,25,27-28H,11-12,15-17H2,1-3H3;2-3H,1H3,(H,5,6)/b;3-2+/t23-,25?;/m1./s1. The van der Waals surface area contributed by atoms with Crippen LogP contribution in [0.15, 0.2) is 71.2 Å². The molecule has 1 aliphatic rings. The molecular formula is C30H39NO5. The van der Waals surface area contributed by atoms with E-state index in [1.54, 1.807) is 6.92 Å². The zero-order valence-corrected chi connectivity index (χ0v) is 21.7. The number of ether oxygens (including phenoxy) is 1. The van der Waals surface area contributed by atoms with Gasteiger partial charge in [-0.1, -0.05) is 48.5 Å². The van der Waals surface area contributed by atoms with Crippen molar-refractivity contribution in [2.75, 3.05) is 13.2 Å². The molecule has 2 atom stereocenters. The van der Waals surface area contributed by atoms with Crippen LogP contribution in [0.2, 0.25) is 0 Å². The van der Waals surface area contributed by atoms with E-state index in [4.69, 9.17) is 14.3 Å². The minimum absolute atomic E-state index is 0.0426. The highest BCUT2D eigenvalue weighted by Crippen LogP contribution is 2.43. The third-order valence-corrected chi connectivity index (χ3v) is 6.15. The molecule has 1 aliphatic carbocycles. The number of β-amino-alcohol motifs (C(OH)–C–C–N with tert-alkyl or cyclic N) is 1. The Morgan fingerprint density at radius 1 is 1.17 bits per heavy atom. The van der Waals surface area contributed by atoms with Crippen LogP contribution in [0.3, 0.4) is 0 Å². The molecule has 4 rings (SSSR count). The van der Waals surface area contributed by atoms with Crippen LogP contribution in [0.4, 0.5) is 0 Å². The summed E-state index contributed by atoms with van der Waals surface area (Å²) >= 11 is 0. The van der Waals surface area contributed by atoms with Crippen LogP contribution in [-0.2, 0) is 16.0 Å². The van der Waals surface area contributed by atoms with E-state index in [9.17, 15) is 9.90 Å². The molecule has 6 heteroatoms. The van der Waals surface area contributed by atoms with E-state index in [0.29, 0.717) is 19.1 Å². The van der Waals surface area contributed by atoms with Gasteiger partial charge in [-0.15, -0.1) is 0 Å². The second-order valence-electron chi connectivity index (χ2n) is 10.2. The average molecular weight is 494 g/mol. The van der Waals surface area contributed by atoms with E-state index < -0.39 is 12.1 Å². The average Bonchev–Trinajstić information content (AvgIpc) is 3.58. The maximum atomic E-state index is 10.5. The van der Waals surface area contributed by atoms with Crippen molar-refractivity contribution < 1.29 is 24.2 Å². The van der Waals surface area contributed by atoms with E-state index in [2.05, 4.69) is 61.6 Å². The lowest BCUT2D eigenvalue weighted by Gasteiger charge is -2.28. The fraction of sp³-hybridized carbons (Fsp3) is 0.433. The van der Waals surface area contributed by atoms with Gasteiger partial charge in [0.05, 0.1) is 12.7 Å². The highest BCUT2D eigenvalue weighted by Gasteiger charge is 2.35. The maximum Gasteiger partial charge on any atom is 0.327 e. The summed E-state index contributed by atoms with van der Waals surface area (Å²) in [4.78, 5) is 9.51. The van der Waals surface area contributed by atoms with Crippen LogP contribution in [-0.4, -0.2) is 41.0 Å². The lowest BCUT2D eigenvalue weighted by Crippen LogP contribution is -2.46. The fourth-order valence-electron chi connectivity index (χ4n) is 4.19. The van der Waals surface area contributed by atoms with E-state index in [-0.39, 0.29) is 11.6 Å². The van der Waals surface area contributed by atoms with Crippen molar-refractivity contribution in [3.8, 4) is 0 Å². The number of aliphatic hydroxyl groups excluding tert-OH is 1. The van der Waals surface area contributed by atoms with Gasteiger partial charge in [-0.25, -0.2) is 4.79 Å². The molecule has 1 aromatic heterocycles. The summed E-state index contributed by atoms with van der Waals surface area (Å²) in [5.41, 5.74) is 1.16. The molecule has 36 heavy (non-hydrogen) atoms. The van der Waals surface area contributed by atoms with E-state index in [1.807, 2.05) is 19.1 Å². The molecule has 1 fully saturated rings. The number of fused-ring (bicyclic) bond motifs is 1. The Kier molecular flexibility index (Phi) is 9.88. The number of nitrogens with one attached hydrogen (secondary N) is 1. The van der Waals surface area contributed by atoms with Crippen LogP contribution in [0.25, 0.3) is 10.8 Å². The second-order valence-corrected chi connectivity index (χ2v) is 10.2. The summed E-state index contributed by atoms with van der Waals surface area (Å²) in [5, 5.41) is 24.4. The summed E-state index contributed by atoms with van der Waals surface area (Å²) in [7, 11) is 0. The van der Waals surface area contributed by atoms with Gasteiger partial charge in [0.2, 0.25) is 0 Å². The Morgan fingerprint density at radius 2 is 1.89 bits per heavy atom. The highest BCUT2D eigenvalue weighted by atomic mass is 16.5. The molecule has 0 spiro atoms. The Hall–Kier alpha value is -2.93. The molecule has 0 radical (unpaired) electrons. The van der Waals surface area contributed by atoms with Gasteiger partial charge in [0.25, 0.3) is 0 Å². The molecule has 0 aliphatic heterocycles. The van der Waals surface area contributed by atoms with Crippen molar-refractivity contribution in [1.82, 2.24) is 5.32 Å². The number of furan rings is 1. The van der Waals surface area contributed by atoms with Crippen molar-refractivity contribution >= 4 is 16.7 Å². The Bertz CT molecular complexity index is 1140. The van der Waals surface area contributed by atoms with Crippen molar-refractivity contribution in [2.45, 2.75) is 64.7 Å². The molecule has 3 N–H and O–H groups in total. The number of allylic oxidation sites excluding steroid dienone is 1. The predicted octanol–water partition coefficient (Wildman–Crippen LogP) is 5.83. The maximum absolute atomic E-state index is 10.5. The first-order valence-electron chi connectivity index (χ1n) is 12.6. The van der Waals surface area contributed by atoms with Gasteiger partial charge >= 0.3 is 5.97 Å². The van der Waals surface area contributed by atoms with Gasteiger partial charge in [0.1, 0.15) is 17.6 Å². The molecule has 1 saturated carbocycles. The molecule has 6 nitrogen and oxygen atoms in total. The van der Waals surface area contributed by atoms with Gasteiger partial charge in [-0.3, -0.25) is 0 Å². The summed E-state index contributed by atoms with van der Waals surface area (Å²) in [6.45, 7) is 8.76. The van der Waals surface area contributed by atoms with Crippen LogP contribution >= 0.6 is 0 Å². The van der Waals surface area contributed by atoms with Gasteiger partial charge in [-0.2, -0.15) is 0 Å². The quantitative estimate of drug-likeness (QED) is 0.291. The molecular weight excluding hydrogens is 454 g/mol. The summed E-state index contributed by atoms with van der Waals surface area (Å²) in [5.74, 6) is 1.40. The number of rotatable bonds is 11. The van der Waals surface area contributed by atoms with Gasteiger partial charge < -0.3 is 24.7 Å². The van der Waals surface area contributed by atoms with Gasteiger partial charge in [-0.05, 0) is 81.3 Å². The highest BCUT2D eigenvalue weighted by molar-refractivity contribution is 5.83. The first-order valence-corrected chi connectivity index (χ1v) is 12.6.